The summed E-state index contributed by atoms with van der Waals surface area (Å²) in [6.45, 7) is 0. The van der Waals surface area contributed by atoms with E-state index in [0.717, 1.165) is 24.3 Å². The SMILES string of the molecule is NS(=O)(=O)c1ccc(Nc2ccc(Nc3ccccc3)c(S(=O)(=O)[O-])c2)c([N+](=O)[O-])c1.[Na+]. The first-order valence-corrected chi connectivity index (χ1v) is 11.4. The Morgan fingerprint density at radius 3 is 1.97 bits per heavy atom. The van der Waals surface area contributed by atoms with Crippen molar-refractivity contribution in [1.29, 1.82) is 0 Å². The van der Waals surface area contributed by atoms with E-state index in [4.69, 9.17) is 5.14 Å². The second-order valence-corrected chi connectivity index (χ2v) is 9.17. The summed E-state index contributed by atoms with van der Waals surface area (Å²) in [5, 5.41) is 21.8. The third-order valence-corrected chi connectivity index (χ3v) is 5.86. The Hall–Kier alpha value is -2.52. The zero-order valence-corrected chi connectivity index (χ0v) is 20.2. The van der Waals surface area contributed by atoms with Crippen LogP contribution in [0.25, 0.3) is 0 Å². The van der Waals surface area contributed by atoms with Crippen LogP contribution in [0.5, 0.6) is 0 Å². The normalized spacial score (nSPS) is 11.3. The molecule has 3 rings (SSSR count). The molecule has 3 aromatic rings. The molecule has 14 heteroatoms. The number of rotatable bonds is 7. The predicted octanol–water partition coefficient (Wildman–Crippen LogP) is -0.363. The third-order valence-electron chi connectivity index (χ3n) is 4.08. The van der Waals surface area contributed by atoms with Gasteiger partial charge in [-0.3, -0.25) is 10.1 Å². The minimum absolute atomic E-state index is 0. The summed E-state index contributed by atoms with van der Waals surface area (Å²) >= 11 is 0. The van der Waals surface area contributed by atoms with Gasteiger partial charge in [-0.1, -0.05) is 18.2 Å². The molecule has 0 aliphatic carbocycles. The summed E-state index contributed by atoms with van der Waals surface area (Å²) in [5.41, 5.74) is -0.118. The van der Waals surface area contributed by atoms with Crippen molar-refractivity contribution < 1.29 is 55.9 Å². The summed E-state index contributed by atoms with van der Waals surface area (Å²) in [5.74, 6) is 0. The van der Waals surface area contributed by atoms with E-state index in [2.05, 4.69) is 10.6 Å². The van der Waals surface area contributed by atoms with Crippen LogP contribution in [0.15, 0.2) is 76.5 Å². The van der Waals surface area contributed by atoms with Crippen LogP contribution in [0.1, 0.15) is 0 Å². The summed E-state index contributed by atoms with van der Waals surface area (Å²) in [7, 11) is -9.07. The molecule has 3 aromatic carbocycles. The van der Waals surface area contributed by atoms with E-state index in [1.165, 1.54) is 12.1 Å². The summed E-state index contributed by atoms with van der Waals surface area (Å²) in [6, 6.07) is 15.2. The molecule has 0 amide bonds. The van der Waals surface area contributed by atoms with Gasteiger partial charge in [-0.05, 0) is 42.5 Å². The predicted molar refractivity (Wildman–Crippen MR) is 112 cm³/mol. The van der Waals surface area contributed by atoms with Gasteiger partial charge in [0.25, 0.3) is 5.69 Å². The molecule has 0 atom stereocenters. The first-order chi connectivity index (χ1) is 14.4. The Kier molecular flexibility index (Phi) is 8.01. The number of nitro groups is 1. The van der Waals surface area contributed by atoms with Gasteiger partial charge < -0.3 is 15.2 Å². The minimum Gasteiger partial charge on any atom is -0.744 e. The van der Waals surface area contributed by atoms with Gasteiger partial charge in [0.15, 0.2) is 0 Å². The van der Waals surface area contributed by atoms with Gasteiger partial charge in [0, 0.05) is 17.4 Å². The standard InChI is InChI=1S/C18H16N4O7S2.Na/c19-30(25,26)14-7-9-15(17(11-14)22(23)24)21-13-6-8-16(18(10-13)31(27,28)29)20-12-4-2-1-3-5-12;/h1-11,20-21H,(H2,19,25,26)(H,27,28,29);/q;+1/p-1. The maximum atomic E-state index is 11.8. The van der Waals surface area contributed by atoms with Crippen molar-refractivity contribution in [1.82, 2.24) is 0 Å². The van der Waals surface area contributed by atoms with Crippen molar-refractivity contribution in [3.63, 3.8) is 0 Å². The molecule has 0 bridgehead atoms. The zero-order valence-electron chi connectivity index (χ0n) is 16.5. The fourth-order valence-electron chi connectivity index (χ4n) is 2.69. The first-order valence-electron chi connectivity index (χ1n) is 8.45. The monoisotopic (exact) mass is 486 g/mol. The largest absolute Gasteiger partial charge is 1.00 e. The Morgan fingerprint density at radius 1 is 0.812 bits per heavy atom. The molecule has 11 nitrogen and oxygen atoms in total. The van der Waals surface area contributed by atoms with Crippen LogP contribution < -0.4 is 45.3 Å². The Bertz CT molecular complexity index is 1370. The average molecular weight is 486 g/mol. The smallest absolute Gasteiger partial charge is 0.744 e. The van der Waals surface area contributed by atoms with Gasteiger partial charge in [-0.25, -0.2) is 22.0 Å². The number of hydrogen-bond acceptors (Lipinski definition) is 9. The second kappa shape index (κ2) is 9.95. The van der Waals surface area contributed by atoms with E-state index in [9.17, 15) is 31.5 Å². The van der Waals surface area contributed by atoms with Crippen LogP contribution in [0.2, 0.25) is 0 Å². The number of nitrogens with zero attached hydrogens (tertiary/aromatic N) is 1. The van der Waals surface area contributed by atoms with Crippen molar-refractivity contribution in [3.8, 4) is 0 Å². The van der Waals surface area contributed by atoms with Crippen LogP contribution in [0, 0.1) is 10.1 Å². The van der Waals surface area contributed by atoms with E-state index in [1.807, 2.05) is 0 Å². The van der Waals surface area contributed by atoms with E-state index < -0.39 is 40.5 Å². The van der Waals surface area contributed by atoms with E-state index >= 15 is 0 Å². The number of nitrogens with two attached hydrogens (primary N) is 1. The Balaban J connectivity index is 0.00000363. The van der Waals surface area contributed by atoms with E-state index in [0.29, 0.717) is 5.69 Å². The third kappa shape index (κ3) is 6.26. The summed E-state index contributed by atoms with van der Waals surface area (Å²) < 4.78 is 58.2. The summed E-state index contributed by atoms with van der Waals surface area (Å²) in [4.78, 5) is 9.48. The average Bonchev–Trinajstić information content (AvgIpc) is 2.68. The van der Waals surface area contributed by atoms with Gasteiger partial charge in [-0.2, -0.15) is 0 Å². The number of nitro benzene ring substituents is 1. The maximum absolute atomic E-state index is 11.8. The van der Waals surface area contributed by atoms with Crippen LogP contribution in [0.3, 0.4) is 0 Å². The van der Waals surface area contributed by atoms with Gasteiger partial charge in [0.1, 0.15) is 15.8 Å². The van der Waals surface area contributed by atoms with Crippen LogP contribution in [-0.4, -0.2) is 26.3 Å². The Morgan fingerprint density at radius 2 is 1.41 bits per heavy atom. The van der Waals surface area contributed by atoms with E-state index in [-0.39, 0.29) is 46.6 Å². The molecule has 162 valence electrons. The molecule has 0 aromatic heterocycles. The molecule has 0 radical (unpaired) electrons. The first kappa shape index (κ1) is 25.7. The van der Waals surface area contributed by atoms with Crippen molar-refractivity contribution in [2.45, 2.75) is 9.79 Å². The molecule has 0 saturated heterocycles. The molecule has 0 heterocycles. The number of sulfonamides is 1. The van der Waals surface area contributed by atoms with Gasteiger partial charge in [-0.15, -0.1) is 0 Å². The fraction of sp³-hybridized carbons (Fsp3) is 0. The number of hydrogen-bond donors (Lipinski definition) is 3. The van der Waals surface area contributed by atoms with Crippen LogP contribution >= 0.6 is 0 Å². The van der Waals surface area contributed by atoms with Gasteiger partial charge in [0.05, 0.1) is 20.4 Å². The second-order valence-electron chi connectivity index (χ2n) is 6.26. The molecule has 0 spiro atoms. The fourth-order valence-corrected chi connectivity index (χ4v) is 3.88. The number of primary sulfonamides is 1. The number of benzene rings is 3. The topological polar surface area (TPSA) is 185 Å². The number of para-hydroxylation sites is 1. The molecular weight excluding hydrogens is 471 g/mol. The van der Waals surface area contributed by atoms with Gasteiger partial charge >= 0.3 is 29.6 Å². The molecule has 32 heavy (non-hydrogen) atoms. The molecule has 4 N–H and O–H groups in total. The summed E-state index contributed by atoms with van der Waals surface area (Å²) in [6.07, 6.45) is 0. The van der Waals surface area contributed by atoms with Crippen molar-refractivity contribution in [3.05, 3.63) is 76.8 Å². The molecule has 0 saturated carbocycles. The van der Waals surface area contributed by atoms with Gasteiger partial charge in [0.2, 0.25) is 10.0 Å². The zero-order chi connectivity index (χ0) is 22.8. The van der Waals surface area contributed by atoms with Crippen molar-refractivity contribution in [2.75, 3.05) is 10.6 Å². The number of nitrogens with one attached hydrogen (secondary N) is 2. The van der Waals surface area contributed by atoms with Crippen molar-refractivity contribution >= 4 is 48.6 Å². The van der Waals surface area contributed by atoms with E-state index in [1.54, 1.807) is 30.3 Å². The molecule has 0 fully saturated rings. The molecule has 0 aliphatic heterocycles. The maximum Gasteiger partial charge on any atom is 1.00 e. The molecule has 0 aliphatic rings. The van der Waals surface area contributed by atoms with Crippen LogP contribution in [-0.2, 0) is 20.1 Å². The minimum atomic E-state index is -4.90. The van der Waals surface area contributed by atoms with Crippen LogP contribution in [0.4, 0.5) is 28.4 Å². The Labute approximate surface area is 205 Å². The molecular formula is C18H15N4NaO7S2. The van der Waals surface area contributed by atoms with Crippen molar-refractivity contribution in [2.24, 2.45) is 5.14 Å². The molecule has 0 unspecified atom stereocenters. The number of anilines is 4. The quantitative estimate of drug-likeness (QED) is 0.174.